The van der Waals surface area contributed by atoms with E-state index in [0.717, 1.165) is 44.1 Å². The number of piperazine rings is 1. The molecule has 1 aromatic rings. The molecule has 0 saturated carbocycles. The third kappa shape index (κ3) is 3.65. The lowest BCUT2D eigenvalue weighted by Gasteiger charge is -2.35. The molecule has 2 N–H and O–H groups in total. The third-order valence-corrected chi connectivity index (χ3v) is 3.65. The fourth-order valence-electron chi connectivity index (χ4n) is 2.36. The number of hydrogen-bond donors (Lipinski definition) is 2. The highest BCUT2D eigenvalue weighted by molar-refractivity contribution is 5.45. The van der Waals surface area contributed by atoms with E-state index in [1.165, 1.54) is 0 Å². The van der Waals surface area contributed by atoms with Crippen LogP contribution in [-0.2, 0) is 0 Å². The Morgan fingerprint density at radius 3 is 2.53 bits per heavy atom. The quantitative estimate of drug-likeness (QED) is 0.818. The molecule has 0 spiro atoms. The van der Waals surface area contributed by atoms with Crippen LogP contribution in [0.3, 0.4) is 0 Å². The molecule has 1 aromatic heterocycles. The smallest absolute Gasteiger partial charge is 0.0957 e. The number of anilines is 1. The molecule has 1 aliphatic heterocycles. The molecule has 2 heterocycles. The number of aromatic nitrogens is 1. The molecular weight excluding hydrogens is 242 g/mol. The van der Waals surface area contributed by atoms with Crippen molar-refractivity contribution in [1.29, 1.82) is 0 Å². The lowest BCUT2D eigenvalue weighted by molar-refractivity contribution is 0.169. The van der Waals surface area contributed by atoms with Crippen LogP contribution in [0.25, 0.3) is 0 Å². The van der Waals surface area contributed by atoms with Crippen LogP contribution in [0.4, 0.5) is 5.69 Å². The summed E-state index contributed by atoms with van der Waals surface area (Å²) in [4.78, 5) is 8.89. The lowest BCUT2D eigenvalue weighted by Crippen LogP contribution is -2.47. The van der Waals surface area contributed by atoms with Gasteiger partial charge < -0.3 is 15.1 Å². The Balaban J connectivity index is 1.92. The second kappa shape index (κ2) is 6.84. The van der Waals surface area contributed by atoms with Gasteiger partial charge in [0.25, 0.3) is 0 Å². The molecule has 1 fully saturated rings. The molecule has 5 heteroatoms. The van der Waals surface area contributed by atoms with Crippen molar-refractivity contribution in [2.24, 2.45) is 0 Å². The molecule has 0 unspecified atom stereocenters. The molecule has 1 saturated heterocycles. The molecular formula is C14H23N3O2. The van der Waals surface area contributed by atoms with E-state index in [1.54, 1.807) is 0 Å². The zero-order valence-corrected chi connectivity index (χ0v) is 11.5. The fraction of sp³-hybridized carbons (Fsp3) is 0.643. The van der Waals surface area contributed by atoms with E-state index in [9.17, 15) is 5.11 Å². The summed E-state index contributed by atoms with van der Waals surface area (Å²) in [6.45, 7) is 6.79. The van der Waals surface area contributed by atoms with Gasteiger partial charge in [-0.1, -0.05) is 6.92 Å². The minimum atomic E-state index is -0.463. The number of β-amino-alcohol motifs (C(OH)–C–C–N with tert-alkyl or cyclic N) is 1. The Kier molecular flexibility index (Phi) is 5.13. The maximum Gasteiger partial charge on any atom is 0.0957 e. The number of aliphatic hydroxyl groups excluding tert-OH is 2. The van der Waals surface area contributed by atoms with Gasteiger partial charge in [0.2, 0.25) is 0 Å². The number of rotatable bonds is 5. The molecule has 0 radical (unpaired) electrons. The van der Waals surface area contributed by atoms with Gasteiger partial charge >= 0.3 is 0 Å². The largest absolute Gasteiger partial charge is 0.395 e. The van der Waals surface area contributed by atoms with Crippen molar-refractivity contribution < 1.29 is 10.2 Å². The van der Waals surface area contributed by atoms with Crippen LogP contribution in [0, 0.1) is 0 Å². The molecule has 2 rings (SSSR count). The van der Waals surface area contributed by atoms with E-state index in [2.05, 4.69) is 14.8 Å². The summed E-state index contributed by atoms with van der Waals surface area (Å²) >= 11 is 0. The number of hydrogen-bond acceptors (Lipinski definition) is 5. The number of aliphatic hydroxyl groups is 2. The topological polar surface area (TPSA) is 59.8 Å². The molecule has 1 aliphatic rings. The maximum atomic E-state index is 9.72. The van der Waals surface area contributed by atoms with Crippen LogP contribution < -0.4 is 4.90 Å². The highest BCUT2D eigenvalue weighted by Gasteiger charge is 2.17. The van der Waals surface area contributed by atoms with Crippen molar-refractivity contribution >= 4 is 5.69 Å². The zero-order valence-electron chi connectivity index (χ0n) is 11.5. The van der Waals surface area contributed by atoms with E-state index in [1.807, 2.05) is 25.3 Å². The van der Waals surface area contributed by atoms with Gasteiger partial charge in [-0.15, -0.1) is 0 Å². The monoisotopic (exact) mass is 265 g/mol. The highest BCUT2D eigenvalue weighted by atomic mass is 16.3. The Bertz CT molecular complexity index is 375. The second-order valence-corrected chi connectivity index (χ2v) is 4.92. The lowest BCUT2D eigenvalue weighted by atomic mass is 10.2. The van der Waals surface area contributed by atoms with Crippen LogP contribution in [0.1, 0.15) is 25.1 Å². The Labute approximate surface area is 114 Å². The predicted octanol–water partition coefficient (Wildman–Crippen LogP) is 0.639. The number of pyridine rings is 1. The van der Waals surface area contributed by atoms with E-state index in [0.29, 0.717) is 6.42 Å². The Morgan fingerprint density at radius 1 is 1.26 bits per heavy atom. The summed E-state index contributed by atoms with van der Waals surface area (Å²) < 4.78 is 0. The number of nitrogens with zero attached hydrogens (tertiary/aromatic N) is 3. The maximum absolute atomic E-state index is 9.72. The first-order valence-electron chi connectivity index (χ1n) is 6.96. The minimum Gasteiger partial charge on any atom is -0.395 e. The van der Waals surface area contributed by atoms with Crippen LogP contribution in [0.2, 0.25) is 0 Å². The van der Waals surface area contributed by atoms with Crippen molar-refractivity contribution in [2.75, 3.05) is 44.2 Å². The summed E-state index contributed by atoms with van der Waals surface area (Å²) in [6.07, 6.45) is 2.07. The summed E-state index contributed by atoms with van der Waals surface area (Å²) in [7, 11) is 0. The van der Waals surface area contributed by atoms with Crippen molar-refractivity contribution in [3.8, 4) is 0 Å². The standard InChI is InChI=1S/C14H23N3O2/c1-2-14(19)13-4-3-12(11-15-13)17-7-5-16(6-8-17)9-10-18/h3-4,11,14,18-19H,2,5-10H2,1H3/t14-/m1/s1. The van der Waals surface area contributed by atoms with E-state index >= 15 is 0 Å². The molecule has 0 aliphatic carbocycles. The van der Waals surface area contributed by atoms with Crippen LogP contribution in [-0.4, -0.2) is 59.4 Å². The van der Waals surface area contributed by atoms with Gasteiger partial charge in [0, 0.05) is 32.7 Å². The molecule has 106 valence electrons. The van der Waals surface area contributed by atoms with Crippen LogP contribution in [0.5, 0.6) is 0 Å². The SMILES string of the molecule is CC[C@@H](O)c1ccc(N2CCN(CCO)CC2)cn1. The van der Waals surface area contributed by atoms with Crippen LogP contribution in [0.15, 0.2) is 18.3 Å². The summed E-state index contributed by atoms with van der Waals surface area (Å²) in [5.74, 6) is 0. The van der Waals surface area contributed by atoms with E-state index in [-0.39, 0.29) is 6.61 Å². The van der Waals surface area contributed by atoms with Gasteiger partial charge in [-0.05, 0) is 18.6 Å². The molecule has 0 amide bonds. The fourth-order valence-corrected chi connectivity index (χ4v) is 2.36. The first-order chi connectivity index (χ1) is 9.24. The van der Waals surface area contributed by atoms with Gasteiger partial charge in [-0.3, -0.25) is 9.88 Å². The zero-order chi connectivity index (χ0) is 13.7. The normalized spacial score (nSPS) is 18.6. The predicted molar refractivity (Wildman–Crippen MR) is 75.2 cm³/mol. The second-order valence-electron chi connectivity index (χ2n) is 4.92. The average molecular weight is 265 g/mol. The molecule has 1 atom stereocenters. The van der Waals surface area contributed by atoms with Gasteiger partial charge in [0.05, 0.1) is 30.3 Å². The summed E-state index contributed by atoms with van der Waals surface area (Å²) in [6, 6.07) is 3.94. The molecule has 5 nitrogen and oxygen atoms in total. The van der Waals surface area contributed by atoms with Crippen molar-refractivity contribution in [1.82, 2.24) is 9.88 Å². The summed E-state index contributed by atoms with van der Waals surface area (Å²) in [5.41, 5.74) is 1.85. The minimum absolute atomic E-state index is 0.227. The molecule has 19 heavy (non-hydrogen) atoms. The first kappa shape index (κ1) is 14.2. The van der Waals surface area contributed by atoms with Crippen molar-refractivity contribution in [3.05, 3.63) is 24.0 Å². The van der Waals surface area contributed by atoms with Gasteiger partial charge in [-0.25, -0.2) is 0 Å². The molecule has 0 aromatic carbocycles. The van der Waals surface area contributed by atoms with Crippen molar-refractivity contribution in [2.45, 2.75) is 19.4 Å². The average Bonchev–Trinajstić information content (AvgIpc) is 2.48. The third-order valence-electron chi connectivity index (χ3n) is 3.65. The highest BCUT2D eigenvalue weighted by Crippen LogP contribution is 2.19. The first-order valence-corrected chi connectivity index (χ1v) is 6.96. The Hall–Kier alpha value is -1.17. The van der Waals surface area contributed by atoms with Gasteiger partial charge in [-0.2, -0.15) is 0 Å². The van der Waals surface area contributed by atoms with E-state index < -0.39 is 6.10 Å². The van der Waals surface area contributed by atoms with Gasteiger partial charge in [0.1, 0.15) is 0 Å². The summed E-state index contributed by atoms with van der Waals surface area (Å²) in [5, 5.41) is 18.6. The van der Waals surface area contributed by atoms with Crippen LogP contribution >= 0.6 is 0 Å². The molecule has 0 bridgehead atoms. The van der Waals surface area contributed by atoms with E-state index in [4.69, 9.17) is 5.11 Å². The van der Waals surface area contributed by atoms with Crippen molar-refractivity contribution in [3.63, 3.8) is 0 Å². The van der Waals surface area contributed by atoms with Gasteiger partial charge in [0.15, 0.2) is 0 Å². The Morgan fingerprint density at radius 2 is 2.00 bits per heavy atom.